The van der Waals surface area contributed by atoms with Gasteiger partial charge in [0.25, 0.3) is 5.56 Å². The first-order valence-corrected chi connectivity index (χ1v) is 12.3. The van der Waals surface area contributed by atoms with Crippen LogP contribution in [-0.4, -0.2) is 31.4 Å². The molecule has 6 nitrogen and oxygen atoms in total. The van der Waals surface area contributed by atoms with Gasteiger partial charge in [0.2, 0.25) is 10.5 Å². The number of rotatable bonds is 1. The Morgan fingerprint density at radius 2 is 1.97 bits per heavy atom. The molecule has 2 aromatic heterocycles. The van der Waals surface area contributed by atoms with E-state index in [1.807, 2.05) is 8.97 Å². The Balaban J connectivity index is 1.72. The van der Waals surface area contributed by atoms with Crippen LogP contribution in [0.4, 0.5) is 0 Å². The van der Waals surface area contributed by atoms with E-state index < -0.39 is 0 Å². The molecule has 6 rings (SSSR count). The molecule has 0 radical (unpaired) electrons. The maximum Gasteiger partial charge on any atom is 0.259 e. The van der Waals surface area contributed by atoms with Crippen molar-refractivity contribution in [2.24, 2.45) is 0 Å². The molecular formula is C25H30N4O2S. The van der Waals surface area contributed by atoms with Crippen molar-refractivity contribution in [3.05, 3.63) is 50.5 Å². The van der Waals surface area contributed by atoms with Crippen molar-refractivity contribution >= 4 is 18.0 Å². The minimum atomic E-state index is -0.266. The van der Waals surface area contributed by atoms with Crippen LogP contribution in [-0.2, 0) is 16.6 Å². The van der Waals surface area contributed by atoms with E-state index in [1.165, 1.54) is 24.8 Å². The summed E-state index contributed by atoms with van der Waals surface area (Å²) < 4.78 is 10.5. The van der Waals surface area contributed by atoms with Crippen molar-refractivity contribution in [2.45, 2.75) is 82.3 Å². The third-order valence-corrected chi connectivity index (χ3v) is 8.22. The molecule has 1 saturated carbocycles. The Bertz CT molecular complexity index is 1330. The summed E-state index contributed by atoms with van der Waals surface area (Å²) in [6, 6.07) is 8.57. The summed E-state index contributed by atoms with van der Waals surface area (Å²) in [5, 5.41) is 7.59. The zero-order chi connectivity index (χ0) is 22.1. The molecule has 2 fully saturated rings. The van der Waals surface area contributed by atoms with Gasteiger partial charge >= 0.3 is 0 Å². The molecular weight excluding hydrogens is 420 g/mol. The van der Waals surface area contributed by atoms with Crippen LogP contribution in [0.15, 0.2) is 29.1 Å². The van der Waals surface area contributed by atoms with E-state index in [4.69, 9.17) is 17.0 Å². The van der Waals surface area contributed by atoms with Gasteiger partial charge < -0.3 is 4.74 Å². The molecule has 1 spiro atoms. The van der Waals surface area contributed by atoms with Crippen molar-refractivity contribution in [1.82, 2.24) is 19.2 Å². The van der Waals surface area contributed by atoms with Crippen molar-refractivity contribution in [3.8, 4) is 11.3 Å². The zero-order valence-corrected chi connectivity index (χ0v) is 19.6. The van der Waals surface area contributed by atoms with Crippen molar-refractivity contribution < 1.29 is 4.74 Å². The topological polar surface area (TPSA) is 64.3 Å². The number of hydrogen-bond donors (Lipinski definition) is 1. The summed E-state index contributed by atoms with van der Waals surface area (Å²) in [7, 11) is 0. The molecule has 3 aromatic rings. The van der Waals surface area contributed by atoms with Crippen LogP contribution in [0.1, 0.15) is 76.0 Å². The van der Waals surface area contributed by atoms with Gasteiger partial charge in [-0.2, -0.15) is 0 Å². The molecule has 168 valence electrons. The summed E-state index contributed by atoms with van der Waals surface area (Å²) in [5.74, 6) is 0.629. The Labute approximate surface area is 192 Å². The van der Waals surface area contributed by atoms with Gasteiger partial charge in [-0.05, 0) is 63.7 Å². The second-order valence-corrected chi connectivity index (χ2v) is 10.9. The quantitative estimate of drug-likeness (QED) is 0.524. The highest BCUT2D eigenvalue weighted by atomic mass is 32.1. The molecule has 1 aliphatic heterocycles. The number of aromatic nitrogens is 4. The van der Waals surface area contributed by atoms with Gasteiger partial charge in [0, 0.05) is 29.2 Å². The summed E-state index contributed by atoms with van der Waals surface area (Å²) in [6.07, 6.45) is 8.21. The minimum Gasteiger partial charge on any atom is -0.375 e. The maximum atomic E-state index is 14.5. The van der Waals surface area contributed by atoms with E-state index >= 15 is 0 Å². The molecule has 0 unspecified atom stereocenters. The van der Waals surface area contributed by atoms with E-state index in [0.29, 0.717) is 17.2 Å². The van der Waals surface area contributed by atoms with Gasteiger partial charge in [0.15, 0.2) is 0 Å². The Morgan fingerprint density at radius 1 is 1.19 bits per heavy atom. The van der Waals surface area contributed by atoms with Crippen molar-refractivity contribution in [3.63, 3.8) is 0 Å². The molecule has 1 N–H and O–H groups in total. The first kappa shape index (κ1) is 20.4. The number of aromatic amines is 1. The Hall–Kier alpha value is -2.25. The summed E-state index contributed by atoms with van der Waals surface area (Å²) in [5.41, 5.74) is 4.10. The van der Waals surface area contributed by atoms with Crippen LogP contribution in [0.3, 0.4) is 0 Å². The second-order valence-electron chi connectivity index (χ2n) is 10.5. The van der Waals surface area contributed by atoms with Gasteiger partial charge in [-0.3, -0.25) is 13.8 Å². The lowest BCUT2D eigenvalue weighted by Crippen LogP contribution is -2.46. The molecule has 0 amide bonds. The zero-order valence-electron chi connectivity index (χ0n) is 18.8. The van der Waals surface area contributed by atoms with Gasteiger partial charge in [0.1, 0.15) is 0 Å². The predicted octanol–water partition coefficient (Wildman–Crippen LogP) is 5.11. The molecule has 1 aromatic carbocycles. The normalized spacial score (nSPS) is 23.8. The van der Waals surface area contributed by atoms with E-state index in [2.05, 4.69) is 48.3 Å². The standard InChI is InChI=1S/C25H30N4O2S/c1-24(2)15-17(10-13-31-24)28-21(30)19-20(29-22(28)26-27-23(29)32)18-9-5-4-8-16(18)14-25(19)11-6-3-7-12-25/h4-5,8-9,17H,3,6-7,10-15H2,1-2H3,(H,27,32)/t17-/m1/s1. The maximum absolute atomic E-state index is 14.5. The average Bonchev–Trinajstić information content (AvgIpc) is 3.14. The highest BCUT2D eigenvalue weighted by Crippen LogP contribution is 2.49. The average molecular weight is 451 g/mol. The molecule has 32 heavy (non-hydrogen) atoms. The number of benzene rings is 1. The first-order chi connectivity index (χ1) is 15.4. The molecule has 0 bridgehead atoms. The van der Waals surface area contributed by atoms with Crippen LogP contribution in [0, 0.1) is 4.77 Å². The monoisotopic (exact) mass is 450 g/mol. The van der Waals surface area contributed by atoms with Crippen molar-refractivity contribution in [1.29, 1.82) is 0 Å². The highest BCUT2D eigenvalue weighted by Gasteiger charge is 2.45. The smallest absolute Gasteiger partial charge is 0.259 e. The lowest BCUT2D eigenvalue weighted by atomic mass is 9.62. The molecule has 2 aliphatic carbocycles. The Morgan fingerprint density at radius 3 is 2.75 bits per heavy atom. The molecule has 3 heterocycles. The van der Waals surface area contributed by atoms with Gasteiger partial charge in [-0.1, -0.05) is 43.5 Å². The number of hydrogen-bond acceptors (Lipinski definition) is 4. The van der Waals surface area contributed by atoms with Gasteiger partial charge in [0.05, 0.1) is 11.3 Å². The lowest BCUT2D eigenvalue weighted by Gasteiger charge is -2.43. The number of fused-ring (bicyclic) bond motifs is 6. The number of H-pyrrole nitrogens is 1. The van der Waals surface area contributed by atoms with E-state index in [1.54, 1.807) is 0 Å². The third-order valence-electron chi connectivity index (χ3n) is 7.94. The molecule has 1 saturated heterocycles. The summed E-state index contributed by atoms with van der Waals surface area (Å²) >= 11 is 5.75. The number of nitrogens with zero attached hydrogens (tertiary/aromatic N) is 3. The third kappa shape index (κ3) is 2.90. The largest absolute Gasteiger partial charge is 0.375 e. The van der Waals surface area contributed by atoms with Gasteiger partial charge in [-0.15, -0.1) is 5.10 Å². The highest BCUT2D eigenvalue weighted by molar-refractivity contribution is 7.71. The fourth-order valence-electron chi connectivity index (χ4n) is 6.57. The van der Waals surface area contributed by atoms with E-state index in [9.17, 15) is 4.79 Å². The van der Waals surface area contributed by atoms with Crippen LogP contribution in [0.5, 0.6) is 0 Å². The summed E-state index contributed by atoms with van der Waals surface area (Å²) in [6.45, 7) is 4.86. The van der Waals surface area contributed by atoms with Gasteiger partial charge in [-0.25, -0.2) is 5.10 Å². The van der Waals surface area contributed by atoms with Crippen LogP contribution >= 0.6 is 12.2 Å². The van der Waals surface area contributed by atoms with E-state index in [0.717, 1.165) is 48.9 Å². The summed E-state index contributed by atoms with van der Waals surface area (Å²) in [4.78, 5) is 14.5. The fraction of sp³-hybridized carbons (Fsp3) is 0.560. The van der Waals surface area contributed by atoms with Crippen LogP contribution < -0.4 is 5.56 Å². The van der Waals surface area contributed by atoms with Crippen LogP contribution in [0.2, 0.25) is 0 Å². The van der Waals surface area contributed by atoms with Crippen LogP contribution in [0.25, 0.3) is 17.0 Å². The van der Waals surface area contributed by atoms with Crippen molar-refractivity contribution in [2.75, 3.05) is 6.61 Å². The predicted molar refractivity (Wildman–Crippen MR) is 127 cm³/mol. The van der Waals surface area contributed by atoms with E-state index in [-0.39, 0.29) is 22.6 Å². The fourth-order valence-corrected chi connectivity index (χ4v) is 6.79. The SMILES string of the molecule is CC1(C)C[C@H](n2c(=O)c3c(n4c(=S)[nH]nc24)-c2ccccc2CC32CCCCC2)CCO1. The number of ether oxygens (including phenoxy) is 1. The molecule has 1 atom stereocenters. The Kier molecular flexibility index (Phi) is 4.53. The first-order valence-electron chi connectivity index (χ1n) is 11.9. The minimum absolute atomic E-state index is 0.0436. The molecule has 7 heteroatoms. The lowest BCUT2D eigenvalue weighted by molar-refractivity contribution is -0.0692. The number of nitrogens with one attached hydrogen (secondary N) is 1. The molecule has 3 aliphatic rings. The second kappa shape index (κ2) is 7.12.